The Kier molecular flexibility index (Phi) is 13.7. The van der Waals surface area contributed by atoms with E-state index in [4.69, 9.17) is 18.5 Å². The van der Waals surface area contributed by atoms with Gasteiger partial charge in [-0.1, -0.05) is 89.8 Å². The number of carbonyl (C=O) groups is 2. The van der Waals surface area contributed by atoms with Gasteiger partial charge in [-0.3, -0.25) is 14.1 Å². The largest absolute Gasteiger partial charge is 0.461 e. The number of rotatable bonds is 21. The number of ether oxygens (including phenoxy) is 2. The summed E-state index contributed by atoms with van der Waals surface area (Å²) in [5.74, 6) is -0.0981. The molecule has 3 aliphatic rings. The summed E-state index contributed by atoms with van der Waals surface area (Å²) in [6.45, 7) is 5.10. The van der Waals surface area contributed by atoms with Crippen LogP contribution in [0.5, 0.6) is 5.75 Å². The molecule has 15 heteroatoms. The van der Waals surface area contributed by atoms with Crippen molar-refractivity contribution in [2.75, 3.05) is 11.9 Å². The maximum absolute atomic E-state index is 14.2. The number of hydrogen-bond acceptors (Lipinski definition) is 11. The fourth-order valence-corrected chi connectivity index (χ4v) is 9.59. The van der Waals surface area contributed by atoms with Crippen LogP contribution >= 0.6 is 7.75 Å². The normalized spacial score (nSPS) is 26.6. The second-order valence-corrected chi connectivity index (χ2v) is 17.3. The molecule has 7 atom stereocenters. The lowest BCUT2D eigenvalue weighted by atomic mass is 9.95. The topological polar surface area (TPSA) is 183 Å². The van der Waals surface area contributed by atoms with Gasteiger partial charge in [0.05, 0.1) is 17.7 Å². The summed E-state index contributed by atoms with van der Waals surface area (Å²) in [7, 11) is -4.24. The van der Waals surface area contributed by atoms with Gasteiger partial charge in [-0.2, -0.15) is 10.2 Å². The Bertz CT molecular complexity index is 1790. The highest BCUT2D eigenvalue weighted by molar-refractivity contribution is 7.52. The van der Waals surface area contributed by atoms with Crippen LogP contribution in [-0.4, -0.2) is 73.2 Å². The number of anilines is 1. The quantitative estimate of drug-likeness (QED) is 0.0485. The van der Waals surface area contributed by atoms with E-state index in [-0.39, 0.29) is 24.4 Å². The van der Waals surface area contributed by atoms with E-state index in [1.54, 1.807) is 49.4 Å². The molecule has 1 amide bonds. The second-order valence-electron chi connectivity index (χ2n) is 15.6. The van der Waals surface area contributed by atoms with Gasteiger partial charge in [0.15, 0.2) is 5.82 Å². The SMILES string of the molecule is CCCCCCCCCCCC(=O)Nc1ncnn2c([C@@H]3OC4C(O)([C@H]3O)[C@@]4(C)CO[P@@](=O)(N[C@@H](C)C(=O)OC3CCCCC3)Oc3ccccc3)ccc12. The zero-order valence-corrected chi connectivity index (χ0v) is 33.3. The molecule has 3 aromatic rings. The molecule has 2 unspecified atom stereocenters. The Morgan fingerprint density at radius 1 is 1.02 bits per heavy atom. The van der Waals surface area contributed by atoms with Crippen molar-refractivity contribution < 1.29 is 42.9 Å². The summed E-state index contributed by atoms with van der Waals surface area (Å²) in [5, 5.41) is 33.3. The van der Waals surface area contributed by atoms with Crippen molar-refractivity contribution in [1.82, 2.24) is 19.7 Å². The average molecular weight is 784 g/mol. The highest BCUT2D eigenvalue weighted by Crippen LogP contribution is 2.68. The van der Waals surface area contributed by atoms with E-state index in [9.17, 15) is 24.4 Å². The molecule has 4 N–H and O–H groups in total. The van der Waals surface area contributed by atoms with Crippen LogP contribution in [0.15, 0.2) is 48.8 Å². The summed E-state index contributed by atoms with van der Waals surface area (Å²) < 4.78 is 39.5. The summed E-state index contributed by atoms with van der Waals surface area (Å²) in [6.07, 6.45) is 13.4. The van der Waals surface area contributed by atoms with E-state index in [2.05, 4.69) is 27.4 Å². The Morgan fingerprint density at radius 3 is 2.38 bits per heavy atom. The van der Waals surface area contributed by atoms with Crippen LogP contribution in [-0.2, 0) is 28.2 Å². The summed E-state index contributed by atoms with van der Waals surface area (Å²) in [4.78, 5) is 30.1. The van der Waals surface area contributed by atoms with Gasteiger partial charge >= 0.3 is 13.7 Å². The minimum Gasteiger partial charge on any atom is -0.461 e. The number of aliphatic hydroxyl groups is 2. The highest BCUT2D eigenvalue weighted by Gasteiger charge is 2.84. The molecule has 1 aromatic carbocycles. The molecule has 3 heterocycles. The van der Waals surface area contributed by atoms with Crippen molar-refractivity contribution in [3.05, 3.63) is 54.5 Å². The van der Waals surface area contributed by atoms with Crippen molar-refractivity contribution >= 4 is 31.0 Å². The zero-order valence-electron chi connectivity index (χ0n) is 32.4. The Morgan fingerprint density at radius 2 is 1.71 bits per heavy atom. The second kappa shape index (κ2) is 18.3. The third-order valence-corrected chi connectivity index (χ3v) is 13.0. The molecule has 3 fully saturated rings. The summed E-state index contributed by atoms with van der Waals surface area (Å²) in [5.41, 5.74) is -1.95. The average Bonchev–Trinajstić information content (AvgIpc) is 3.44. The van der Waals surface area contributed by atoms with Gasteiger partial charge in [0.25, 0.3) is 0 Å². The van der Waals surface area contributed by atoms with Gasteiger partial charge in [0.2, 0.25) is 5.91 Å². The number of amides is 1. The van der Waals surface area contributed by atoms with Gasteiger partial charge in [0, 0.05) is 6.42 Å². The first-order valence-electron chi connectivity index (χ1n) is 20.1. The molecule has 1 saturated heterocycles. The number of hydrogen-bond donors (Lipinski definition) is 4. The summed E-state index contributed by atoms with van der Waals surface area (Å²) >= 11 is 0. The van der Waals surface area contributed by atoms with E-state index in [0.29, 0.717) is 23.4 Å². The number of aromatic nitrogens is 3. The minimum atomic E-state index is -4.24. The van der Waals surface area contributed by atoms with Gasteiger partial charge in [0.1, 0.15) is 53.7 Å². The molecular weight excluding hydrogens is 725 g/mol. The van der Waals surface area contributed by atoms with E-state index in [1.165, 1.54) is 56.3 Å². The first kappa shape index (κ1) is 41.2. The Balaban J connectivity index is 1.05. The molecule has 0 radical (unpaired) electrons. The standard InChI is InChI=1S/C40H58N5O9P/c1-4-5-6-7-8-9-10-11-18-23-33(46)43-36-32-25-24-31(45(32)42-27-41-36)34-35(47)40(49)38(53-34)39(40,3)26-51-55(50,54-30-21-16-13-17-22-30)44-28(2)37(48)52-29-19-14-12-15-20-29/h13,16-17,21-22,24-25,27-29,34-35,38,47,49H,4-12,14-15,18-20,23,26H2,1-3H3,(H,44,50)(H,41,42,43,46)/t28-,34-,35-,38?,39-,40?,55-/m0/s1. The number of unbranched alkanes of at least 4 members (excludes halogenated alkanes) is 8. The van der Waals surface area contributed by atoms with E-state index in [1.807, 2.05) is 0 Å². The predicted octanol–water partition coefficient (Wildman–Crippen LogP) is 7.20. The number of esters is 1. The molecule has 2 aliphatic carbocycles. The molecule has 6 rings (SSSR count). The zero-order chi connectivity index (χ0) is 39.1. The molecule has 2 aromatic heterocycles. The van der Waals surface area contributed by atoms with Crippen molar-refractivity contribution in [2.45, 2.75) is 153 Å². The lowest BCUT2D eigenvalue weighted by Crippen LogP contribution is -2.40. The third-order valence-electron chi connectivity index (χ3n) is 11.4. The molecule has 0 spiro atoms. The molecule has 0 bridgehead atoms. The van der Waals surface area contributed by atoms with Crippen LogP contribution in [0.2, 0.25) is 0 Å². The van der Waals surface area contributed by atoms with Crippen LogP contribution < -0.4 is 14.9 Å². The fraction of sp³-hybridized carbons (Fsp3) is 0.650. The maximum Gasteiger partial charge on any atom is 0.459 e. The lowest BCUT2D eigenvalue weighted by Gasteiger charge is -2.29. The number of aliphatic hydroxyl groups excluding tert-OH is 1. The van der Waals surface area contributed by atoms with Crippen LogP contribution in [0.3, 0.4) is 0 Å². The first-order chi connectivity index (χ1) is 26.5. The number of carbonyl (C=O) groups excluding carboxylic acids is 2. The van der Waals surface area contributed by atoms with Crippen molar-refractivity contribution in [1.29, 1.82) is 0 Å². The fourth-order valence-electron chi connectivity index (χ4n) is 7.99. The van der Waals surface area contributed by atoms with Crippen LogP contribution in [0.1, 0.15) is 129 Å². The van der Waals surface area contributed by atoms with Gasteiger partial charge < -0.3 is 29.5 Å². The molecular formula is C40H58N5O9P. The molecule has 1 aliphatic heterocycles. The number of para-hydroxylation sites is 1. The lowest BCUT2D eigenvalue weighted by molar-refractivity contribution is -0.152. The maximum atomic E-state index is 14.2. The molecule has 55 heavy (non-hydrogen) atoms. The van der Waals surface area contributed by atoms with Gasteiger partial charge in [-0.25, -0.2) is 14.1 Å². The van der Waals surface area contributed by atoms with Gasteiger partial charge in [-0.15, -0.1) is 0 Å². The molecule has 14 nitrogen and oxygen atoms in total. The Labute approximate surface area is 323 Å². The highest BCUT2D eigenvalue weighted by atomic mass is 31.2. The monoisotopic (exact) mass is 783 g/mol. The third kappa shape index (κ3) is 9.43. The summed E-state index contributed by atoms with van der Waals surface area (Å²) in [6, 6.07) is 10.9. The van der Waals surface area contributed by atoms with Crippen molar-refractivity contribution in [2.24, 2.45) is 5.41 Å². The molecule has 302 valence electrons. The number of nitrogens with zero attached hydrogens (tertiary/aromatic N) is 3. The Hall–Kier alpha value is -3.39. The number of fused-ring (bicyclic) bond motifs is 2. The van der Waals surface area contributed by atoms with Gasteiger partial charge in [-0.05, 0) is 63.3 Å². The smallest absolute Gasteiger partial charge is 0.459 e. The number of nitrogens with one attached hydrogen (secondary N) is 2. The first-order valence-corrected chi connectivity index (χ1v) is 21.7. The van der Waals surface area contributed by atoms with E-state index in [0.717, 1.165) is 51.4 Å². The van der Waals surface area contributed by atoms with Crippen LogP contribution in [0.4, 0.5) is 5.82 Å². The van der Waals surface area contributed by atoms with E-state index < -0.39 is 49.1 Å². The van der Waals surface area contributed by atoms with Crippen LogP contribution in [0, 0.1) is 5.41 Å². The van der Waals surface area contributed by atoms with E-state index >= 15 is 0 Å². The minimum absolute atomic E-state index is 0.131. The van der Waals surface area contributed by atoms with Crippen LogP contribution in [0.25, 0.3) is 5.52 Å². The number of benzene rings is 1. The van der Waals surface area contributed by atoms with Crippen molar-refractivity contribution in [3.8, 4) is 5.75 Å². The predicted molar refractivity (Wildman–Crippen MR) is 206 cm³/mol. The molecule has 2 saturated carbocycles. The van der Waals surface area contributed by atoms with Crippen molar-refractivity contribution in [3.63, 3.8) is 0 Å².